The van der Waals surface area contributed by atoms with Crippen molar-refractivity contribution in [3.63, 3.8) is 0 Å². The Labute approximate surface area is 134 Å². The molecule has 1 atom stereocenters. The molecule has 1 aliphatic rings. The maximum atomic E-state index is 12.3. The highest BCUT2D eigenvalue weighted by molar-refractivity contribution is 7.08. The zero-order valence-electron chi connectivity index (χ0n) is 12.5. The highest BCUT2D eigenvalue weighted by Crippen LogP contribution is 2.30. The molecule has 1 saturated carbocycles. The smallest absolute Gasteiger partial charge is 0.252 e. The summed E-state index contributed by atoms with van der Waals surface area (Å²) >= 11 is 1.47. The molecule has 1 fully saturated rings. The highest BCUT2D eigenvalue weighted by Gasteiger charge is 2.29. The fraction of sp³-hybridized carbons (Fsp3) is 0.562. The number of nitrogens with one attached hydrogen (secondary N) is 2. The topological polar surface area (TPSA) is 82.0 Å². The fourth-order valence-electron chi connectivity index (χ4n) is 2.97. The molecule has 1 unspecified atom stereocenters. The minimum absolute atomic E-state index is 0.0144. The maximum Gasteiger partial charge on any atom is 0.252 e. The first-order chi connectivity index (χ1) is 10.7. The summed E-state index contributed by atoms with van der Waals surface area (Å²) in [5, 5.41) is 17.8. The van der Waals surface area contributed by atoms with E-state index in [0.717, 1.165) is 25.7 Å². The lowest BCUT2D eigenvalue weighted by atomic mass is 9.79. The van der Waals surface area contributed by atoms with Gasteiger partial charge in [-0.1, -0.05) is 19.3 Å². The molecule has 1 aliphatic carbocycles. The number of nitrogens with zero attached hydrogens (tertiary/aromatic N) is 1. The van der Waals surface area contributed by atoms with Crippen LogP contribution in [0.3, 0.4) is 0 Å². The summed E-state index contributed by atoms with van der Waals surface area (Å²) in [5.41, 5.74) is 0.629. The van der Waals surface area contributed by atoms with Gasteiger partial charge in [0.15, 0.2) is 0 Å². The molecule has 1 aromatic rings. The van der Waals surface area contributed by atoms with Crippen molar-refractivity contribution in [2.75, 3.05) is 13.1 Å². The van der Waals surface area contributed by atoms with Crippen LogP contribution in [-0.4, -0.2) is 24.9 Å². The number of hydrogen-bond acceptors (Lipinski definition) is 4. The van der Waals surface area contributed by atoms with E-state index in [-0.39, 0.29) is 30.2 Å². The molecular formula is C16H21N3O2S. The average Bonchev–Trinajstić information content (AvgIpc) is 3.08. The molecule has 2 rings (SSSR count). The number of hydrogen-bond donors (Lipinski definition) is 2. The SMILES string of the molecule is N#CCNC(=O)C(CNC(=O)c1ccsc1)C1CCCCC1. The van der Waals surface area contributed by atoms with E-state index < -0.39 is 0 Å². The van der Waals surface area contributed by atoms with Crippen LogP contribution >= 0.6 is 11.3 Å². The van der Waals surface area contributed by atoms with Gasteiger partial charge >= 0.3 is 0 Å². The van der Waals surface area contributed by atoms with Crippen molar-refractivity contribution in [1.29, 1.82) is 5.26 Å². The quantitative estimate of drug-likeness (QED) is 0.789. The number of thiophene rings is 1. The Morgan fingerprint density at radius 1 is 1.32 bits per heavy atom. The van der Waals surface area contributed by atoms with Gasteiger partial charge in [-0.2, -0.15) is 16.6 Å². The Bertz CT molecular complexity index is 530. The third-order valence-corrected chi connectivity index (χ3v) is 4.85. The number of nitriles is 1. The van der Waals surface area contributed by atoms with Crippen LogP contribution in [0.4, 0.5) is 0 Å². The second-order valence-electron chi connectivity index (χ2n) is 5.60. The zero-order chi connectivity index (χ0) is 15.8. The minimum atomic E-state index is -0.253. The van der Waals surface area contributed by atoms with Gasteiger partial charge < -0.3 is 10.6 Å². The minimum Gasteiger partial charge on any atom is -0.351 e. The number of amides is 2. The molecule has 0 aromatic carbocycles. The van der Waals surface area contributed by atoms with Gasteiger partial charge in [-0.05, 0) is 30.2 Å². The first-order valence-corrected chi connectivity index (χ1v) is 8.61. The van der Waals surface area contributed by atoms with Crippen molar-refractivity contribution in [3.8, 4) is 6.07 Å². The second kappa shape index (κ2) is 8.54. The van der Waals surface area contributed by atoms with Crippen LogP contribution in [0.1, 0.15) is 42.5 Å². The Morgan fingerprint density at radius 3 is 2.73 bits per heavy atom. The van der Waals surface area contributed by atoms with Crippen LogP contribution in [0.2, 0.25) is 0 Å². The summed E-state index contributed by atoms with van der Waals surface area (Å²) in [4.78, 5) is 24.3. The summed E-state index contributed by atoms with van der Waals surface area (Å²) in [6.45, 7) is 0.344. The van der Waals surface area contributed by atoms with Gasteiger partial charge in [0.2, 0.25) is 5.91 Å². The van der Waals surface area contributed by atoms with Gasteiger partial charge in [-0.25, -0.2) is 0 Å². The van der Waals surface area contributed by atoms with E-state index in [0.29, 0.717) is 12.1 Å². The molecule has 1 heterocycles. The highest BCUT2D eigenvalue weighted by atomic mass is 32.1. The molecule has 1 aromatic heterocycles. The van der Waals surface area contributed by atoms with E-state index in [2.05, 4.69) is 10.6 Å². The third-order valence-electron chi connectivity index (χ3n) is 4.16. The predicted molar refractivity (Wildman–Crippen MR) is 85.3 cm³/mol. The Morgan fingerprint density at radius 2 is 2.09 bits per heavy atom. The number of carbonyl (C=O) groups is 2. The average molecular weight is 319 g/mol. The lowest BCUT2D eigenvalue weighted by Crippen LogP contribution is -2.43. The Balaban J connectivity index is 1.95. The van der Waals surface area contributed by atoms with Crippen LogP contribution in [-0.2, 0) is 4.79 Å². The number of rotatable bonds is 6. The second-order valence-corrected chi connectivity index (χ2v) is 6.38. The molecule has 0 bridgehead atoms. The summed E-state index contributed by atoms with van der Waals surface area (Å²) < 4.78 is 0. The first kappa shape index (κ1) is 16.5. The molecule has 6 heteroatoms. The van der Waals surface area contributed by atoms with Gasteiger partial charge in [0.1, 0.15) is 6.54 Å². The van der Waals surface area contributed by atoms with Crippen LogP contribution in [0.25, 0.3) is 0 Å². The molecule has 0 radical (unpaired) electrons. The first-order valence-electron chi connectivity index (χ1n) is 7.67. The molecule has 0 aliphatic heterocycles. The predicted octanol–water partition coefficient (Wildman–Crippen LogP) is 2.31. The van der Waals surface area contributed by atoms with Gasteiger partial charge in [-0.3, -0.25) is 9.59 Å². The van der Waals surface area contributed by atoms with Crippen molar-refractivity contribution >= 4 is 23.2 Å². The third kappa shape index (κ3) is 4.57. The molecule has 22 heavy (non-hydrogen) atoms. The molecule has 5 nitrogen and oxygen atoms in total. The maximum absolute atomic E-state index is 12.3. The van der Waals surface area contributed by atoms with Gasteiger partial charge in [-0.15, -0.1) is 0 Å². The molecule has 2 N–H and O–H groups in total. The summed E-state index contributed by atoms with van der Waals surface area (Å²) in [7, 11) is 0. The normalized spacial score (nSPS) is 16.5. The number of carbonyl (C=O) groups excluding carboxylic acids is 2. The van der Waals surface area contributed by atoms with Crippen LogP contribution in [0, 0.1) is 23.2 Å². The molecule has 118 valence electrons. The van der Waals surface area contributed by atoms with Crippen LogP contribution < -0.4 is 10.6 Å². The monoisotopic (exact) mass is 319 g/mol. The van der Waals surface area contributed by atoms with Crippen LogP contribution in [0.5, 0.6) is 0 Å². The lowest BCUT2D eigenvalue weighted by molar-refractivity contribution is -0.126. The van der Waals surface area contributed by atoms with Crippen molar-refractivity contribution in [1.82, 2.24) is 10.6 Å². The van der Waals surface area contributed by atoms with Crippen molar-refractivity contribution in [2.45, 2.75) is 32.1 Å². The van der Waals surface area contributed by atoms with E-state index >= 15 is 0 Å². The Hall–Kier alpha value is -1.87. The standard InChI is InChI=1S/C16H21N3O2S/c17-7-8-18-16(21)14(12-4-2-1-3-5-12)10-19-15(20)13-6-9-22-11-13/h6,9,11-12,14H,1-5,8,10H2,(H,18,21)(H,19,20). The van der Waals surface area contributed by atoms with Gasteiger partial charge in [0.05, 0.1) is 12.0 Å². The zero-order valence-corrected chi connectivity index (χ0v) is 13.3. The lowest BCUT2D eigenvalue weighted by Gasteiger charge is -2.29. The Kier molecular flexibility index (Phi) is 6.41. The van der Waals surface area contributed by atoms with E-state index in [1.807, 2.05) is 11.4 Å². The van der Waals surface area contributed by atoms with Crippen LogP contribution in [0.15, 0.2) is 16.8 Å². The molecule has 0 spiro atoms. The largest absolute Gasteiger partial charge is 0.351 e. The summed E-state index contributed by atoms with van der Waals surface area (Å²) in [6, 6.07) is 3.69. The summed E-state index contributed by atoms with van der Waals surface area (Å²) in [5.74, 6) is -0.235. The van der Waals surface area contributed by atoms with E-state index in [1.54, 1.807) is 11.4 Å². The van der Waals surface area contributed by atoms with E-state index in [4.69, 9.17) is 5.26 Å². The van der Waals surface area contributed by atoms with E-state index in [1.165, 1.54) is 17.8 Å². The molecule has 0 saturated heterocycles. The molecule has 2 amide bonds. The summed E-state index contributed by atoms with van der Waals surface area (Å²) in [6.07, 6.45) is 5.50. The molecular weight excluding hydrogens is 298 g/mol. The van der Waals surface area contributed by atoms with Gasteiger partial charge in [0, 0.05) is 17.5 Å². The van der Waals surface area contributed by atoms with Gasteiger partial charge in [0.25, 0.3) is 5.91 Å². The van der Waals surface area contributed by atoms with Crippen molar-refractivity contribution in [2.24, 2.45) is 11.8 Å². The van der Waals surface area contributed by atoms with Crippen molar-refractivity contribution in [3.05, 3.63) is 22.4 Å². The van der Waals surface area contributed by atoms with E-state index in [9.17, 15) is 9.59 Å². The van der Waals surface area contributed by atoms with Crippen molar-refractivity contribution < 1.29 is 9.59 Å². The fourth-order valence-corrected chi connectivity index (χ4v) is 3.60.